The first-order chi connectivity index (χ1) is 8.20. The van der Waals surface area contributed by atoms with E-state index in [1.54, 1.807) is 6.07 Å². The predicted octanol–water partition coefficient (Wildman–Crippen LogP) is 2.83. The van der Waals surface area contributed by atoms with Crippen LogP contribution in [0.2, 0.25) is 5.02 Å². The average Bonchev–Trinajstić information content (AvgIpc) is 2.72. The molecule has 1 aromatic rings. The maximum atomic E-state index is 13.3. The summed E-state index contributed by atoms with van der Waals surface area (Å²) >= 11 is 5.65. The van der Waals surface area contributed by atoms with Crippen LogP contribution in [0.1, 0.15) is 24.8 Å². The summed E-state index contributed by atoms with van der Waals surface area (Å²) in [5, 5.41) is 9.16. The second-order valence-electron chi connectivity index (χ2n) is 4.53. The van der Waals surface area contributed by atoms with Crippen molar-refractivity contribution in [3.05, 3.63) is 34.6 Å². The maximum absolute atomic E-state index is 13.3. The summed E-state index contributed by atoms with van der Waals surface area (Å²) in [5.74, 6) is -0.359. The average molecular weight is 258 g/mol. The van der Waals surface area contributed by atoms with E-state index in [1.807, 2.05) is 6.07 Å². The van der Waals surface area contributed by atoms with E-state index in [4.69, 9.17) is 16.7 Å². The van der Waals surface area contributed by atoms with Crippen molar-refractivity contribution < 1.29 is 9.50 Å². The fraction of sp³-hybridized carbons (Fsp3) is 0.538. The van der Waals surface area contributed by atoms with Crippen LogP contribution in [0.4, 0.5) is 4.39 Å². The molecule has 1 N–H and O–H groups in total. The Bertz CT molecular complexity index is 386. The van der Waals surface area contributed by atoms with Gasteiger partial charge in [0, 0.05) is 19.2 Å². The molecule has 0 radical (unpaired) electrons. The minimum Gasteiger partial charge on any atom is -0.396 e. The van der Waals surface area contributed by atoms with E-state index in [1.165, 1.54) is 6.07 Å². The minimum atomic E-state index is -0.359. The lowest BCUT2D eigenvalue weighted by Gasteiger charge is -2.23. The van der Waals surface area contributed by atoms with Crippen molar-refractivity contribution in [1.82, 2.24) is 4.90 Å². The van der Waals surface area contributed by atoms with Gasteiger partial charge in [0.25, 0.3) is 0 Å². The van der Waals surface area contributed by atoms with Crippen LogP contribution in [0, 0.1) is 5.82 Å². The molecule has 0 amide bonds. The molecule has 2 rings (SSSR count). The Balaban J connectivity index is 2.02. The lowest BCUT2D eigenvalue weighted by atomic mass is 10.1. The Morgan fingerprint density at radius 2 is 2.29 bits per heavy atom. The van der Waals surface area contributed by atoms with Gasteiger partial charge in [-0.05, 0) is 43.5 Å². The largest absolute Gasteiger partial charge is 0.396 e. The number of likely N-dealkylation sites (tertiary alicyclic amines) is 1. The van der Waals surface area contributed by atoms with Gasteiger partial charge in [0.2, 0.25) is 0 Å². The van der Waals surface area contributed by atoms with Crippen LogP contribution in [-0.4, -0.2) is 29.2 Å². The third kappa shape index (κ3) is 3.18. The molecule has 1 aromatic carbocycles. The zero-order chi connectivity index (χ0) is 12.3. The Morgan fingerprint density at radius 1 is 1.47 bits per heavy atom. The molecule has 0 bridgehead atoms. The van der Waals surface area contributed by atoms with E-state index in [9.17, 15) is 4.39 Å². The molecule has 0 spiro atoms. The van der Waals surface area contributed by atoms with E-state index in [0.29, 0.717) is 6.04 Å². The first-order valence-electron chi connectivity index (χ1n) is 5.99. The molecule has 17 heavy (non-hydrogen) atoms. The van der Waals surface area contributed by atoms with Crippen molar-refractivity contribution in [3.8, 4) is 0 Å². The fourth-order valence-electron chi connectivity index (χ4n) is 2.45. The lowest BCUT2D eigenvalue weighted by Crippen LogP contribution is -2.29. The molecular formula is C13H17ClFNO. The van der Waals surface area contributed by atoms with Crippen LogP contribution in [0.3, 0.4) is 0 Å². The number of rotatable bonds is 4. The summed E-state index contributed by atoms with van der Waals surface area (Å²) in [5.41, 5.74) is 0.941. The summed E-state index contributed by atoms with van der Waals surface area (Å²) in [6.07, 6.45) is 3.08. The van der Waals surface area contributed by atoms with Crippen LogP contribution in [0.5, 0.6) is 0 Å². The number of aliphatic hydroxyl groups is 1. The van der Waals surface area contributed by atoms with E-state index in [0.717, 1.165) is 37.9 Å². The van der Waals surface area contributed by atoms with Crippen molar-refractivity contribution in [2.75, 3.05) is 13.2 Å². The van der Waals surface area contributed by atoms with Crippen molar-refractivity contribution >= 4 is 11.6 Å². The number of halogens is 2. The molecule has 1 aliphatic heterocycles. The zero-order valence-electron chi connectivity index (χ0n) is 9.70. The molecule has 4 heteroatoms. The van der Waals surface area contributed by atoms with Crippen LogP contribution >= 0.6 is 11.6 Å². The van der Waals surface area contributed by atoms with Gasteiger partial charge in [-0.25, -0.2) is 4.39 Å². The van der Waals surface area contributed by atoms with Crippen LogP contribution in [0.15, 0.2) is 18.2 Å². The molecule has 0 saturated carbocycles. The molecule has 1 saturated heterocycles. The summed E-state index contributed by atoms with van der Waals surface area (Å²) in [6.45, 7) is 1.98. The predicted molar refractivity (Wildman–Crippen MR) is 66.5 cm³/mol. The summed E-state index contributed by atoms with van der Waals surface area (Å²) in [7, 11) is 0. The van der Waals surface area contributed by atoms with E-state index in [2.05, 4.69) is 4.90 Å². The first-order valence-corrected chi connectivity index (χ1v) is 6.37. The molecule has 2 nitrogen and oxygen atoms in total. The molecule has 1 heterocycles. The lowest BCUT2D eigenvalue weighted by molar-refractivity contribution is 0.189. The first kappa shape index (κ1) is 12.8. The van der Waals surface area contributed by atoms with Gasteiger partial charge in [-0.15, -0.1) is 0 Å². The smallest absolute Gasteiger partial charge is 0.142 e. The number of hydrogen-bond acceptors (Lipinski definition) is 2. The SMILES string of the molecule is OCCC1CCCN1Cc1ccc(Cl)c(F)c1. The molecule has 94 valence electrons. The topological polar surface area (TPSA) is 23.5 Å². The van der Waals surface area contributed by atoms with Crippen molar-refractivity contribution in [3.63, 3.8) is 0 Å². The number of aliphatic hydroxyl groups excluding tert-OH is 1. The molecular weight excluding hydrogens is 241 g/mol. The quantitative estimate of drug-likeness (QED) is 0.897. The standard InChI is InChI=1S/C13H17ClFNO/c14-12-4-3-10(8-13(12)15)9-16-6-1-2-11(16)5-7-17/h3-4,8,11,17H,1-2,5-7,9H2. The second-order valence-corrected chi connectivity index (χ2v) is 4.93. The highest BCUT2D eigenvalue weighted by molar-refractivity contribution is 6.30. The maximum Gasteiger partial charge on any atom is 0.142 e. The minimum absolute atomic E-state index is 0.169. The van der Waals surface area contributed by atoms with Crippen LogP contribution in [0.25, 0.3) is 0 Å². The van der Waals surface area contributed by atoms with Crippen molar-refractivity contribution in [2.45, 2.75) is 31.8 Å². The van der Waals surface area contributed by atoms with Crippen LogP contribution in [-0.2, 0) is 6.54 Å². The van der Waals surface area contributed by atoms with Gasteiger partial charge in [-0.1, -0.05) is 17.7 Å². The monoisotopic (exact) mass is 257 g/mol. The van der Waals surface area contributed by atoms with Crippen LogP contribution < -0.4 is 0 Å². The van der Waals surface area contributed by atoms with Gasteiger partial charge in [0.15, 0.2) is 0 Å². The van der Waals surface area contributed by atoms with E-state index in [-0.39, 0.29) is 17.4 Å². The fourth-order valence-corrected chi connectivity index (χ4v) is 2.57. The van der Waals surface area contributed by atoms with Gasteiger partial charge in [-0.2, -0.15) is 0 Å². The number of hydrogen-bond donors (Lipinski definition) is 1. The Hall–Kier alpha value is -0.640. The van der Waals surface area contributed by atoms with Gasteiger partial charge in [0.1, 0.15) is 5.82 Å². The molecule has 1 atom stereocenters. The second kappa shape index (κ2) is 5.80. The molecule has 0 aliphatic carbocycles. The Morgan fingerprint density at radius 3 is 3.00 bits per heavy atom. The third-order valence-electron chi connectivity index (χ3n) is 3.33. The number of nitrogens with zero attached hydrogens (tertiary/aromatic N) is 1. The van der Waals surface area contributed by atoms with Crippen molar-refractivity contribution in [2.24, 2.45) is 0 Å². The highest BCUT2D eigenvalue weighted by atomic mass is 35.5. The highest BCUT2D eigenvalue weighted by Gasteiger charge is 2.23. The summed E-state index contributed by atoms with van der Waals surface area (Å²) < 4.78 is 13.3. The van der Waals surface area contributed by atoms with Gasteiger partial charge < -0.3 is 5.11 Å². The highest BCUT2D eigenvalue weighted by Crippen LogP contribution is 2.23. The Labute approximate surface area is 106 Å². The van der Waals surface area contributed by atoms with Gasteiger partial charge in [0.05, 0.1) is 5.02 Å². The summed E-state index contributed by atoms with van der Waals surface area (Å²) in [6, 6.07) is 5.39. The zero-order valence-corrected chi connectivity index (χ0v) is 10.5. The normalized spacial score (nSPS) is 21.0. The van der Waals surface area contributed by atoms with Gasteiger partial charge >= 0.3 is 0 Å². The molecule has 1 aliphatic rings. The summed E-state index contributed by atoms with van der Waals surface area (Å²) in [4.78, 5) is 2.30. The molecule has 1 fully saturated rings. The van der Waals surface area contributed by atoms with E-state index >= 15 is 0 Å². The number of benzene rings is 1. The van der Waals surface area contributed by atoms with Gasteiger partial charge in [-0.3, -0.25) is 4.90 Å². The third-order valence-corrected chi connectivity index (χ3v) is 3.64. The van der Waals surface area contributed by atoms with Crippen molar-refractivity contribution in [1.29, 1.82) is 0 Å². The molecule has 0 aromatic heterocycles. The molecule has 1 unspecified atom stereocenters. The Kier molecular flexibility index (Phi) is 4.37. The van der Waals surface area contributed by atoms with E-state index < -0.39 is 0 Å².